The number of aliphatic hydroxyl groups excluding tert-OH is 1. The highest BCUT2D eigenvalue weighted by Crippen LogP contribution is 2.24. The van der Waals surface area contributed by atoms with Gasteiger partial charge in [0.1, 0.15) is 0 Å². The van der Waals surface area contributed by atoms with E-state index in [-0.39, 0.29) is 145 Å². The standard InChI is InChI=1S/C16H16N2O2S.C14H18NO3S.C13H21N2O2S.C12H19N2OS.C11H12NO2S.5BrH/c1-10-11(2)21-9-18(10)8-15(19)13-3-5-14-12(7-13)4-6-16(20)17-14;1-2-4-12(16)7-11-9-19-10-15(11)8-13(17)14-5-3-6-18-14;1-9-5-14(6-10(2)17-9)13(16)7-15-8-18-12(4)11(15)3;1-10-11(2)16-9-14(10)8-12(15)13-6-4-3-5-7-13;1-8-9(2)15-7-12(8)6-10(13)11-4-3-5-14-11;;;;;/h3,5,7,9H,4,6,8H2,1-2H3;3,5-6,9-10,12,16H,2,4,7-8H2,1H3;8-10H,5-7H2,1-4H3;9H,3-8H2,1-2H3;3-5,7H,6H2,1-2H3;5*1H/q;4*+1;;;;;/p-4. The SMILES string of the molecule is CCCC(O)Cc1csc[n+]1CC(=O)c1ccco1.Cc1sc[n+](CC(=O)N2CC(C)OC(C)C2)c1C.Cc1sc[n+](CC(=O)N2CCCCC2)c1C.Cc1sc[n+](CC(=O)c2ccc3c(c2)CCC(=O)N3)c1C.Cc1sc[n+](CC(=O)c2ccco2)c1C.[Br-].[Br-].[Br-].[Br-].[Br-]. The third-order valence-corrected chi connectivity index (χ3v) is 20.8. The maximum atomic E-state index is 12.4. The van der Waals surface area contributed by atoms with Crippen molar-refractivity contribution >= 4 is 97.4 Å². The maximum Gasteiger partial charge on any atom is 0.288 e. The maximum absolute atomic E-state index is 12.4. The summed E-state index contributed by atoms with van der Waals surface area (Å²) in [6, 6.07) is 12.3. The van der Waals surface area contributed by atoms with Gasteiger partial charge in [-0.05, 0) is 122 Å². The average molecular weight is 1710 g/mol. The summed E-state index contributed by atoms with van der Waals surface area (Å²) in [5.74, 6) is 1.34. The number of aromatic nitrogens is 5. The first-order valence-corrected chi connectivity index (χ1v) is 34.7. The predicted molar refractivity (Wildman–Crippen MR) is 346 cm³/mol. The van der Waals surface area contributed by atoms with Crippen molar-refractivity contribution in [2.45, 2.75) is 179 Å². The van der Waals surface area contributed by atoms with Crippen LogP contribution < -0.4 is 113 Å². The van der Waals surface area contributed by atoms with Crippen LogP contribution in [0.4, 0.5) is 5.69 Å². The summed E-state index contributed by atoms with van der Waals surface area (Å²) in [5.41, 5.74) is 18.2. The zero-order chi connectivity index (χ0) is 64.3. The smallest absolute Gasteiger partial charge is 0.288 e. The molecule has 516 valence electrons. The fourth-order valence-corrected chi connectivity index (χ4v) is 14.1. The minimum absolute atomic E-state index is 0. The number of amides is 3. The molecule has 1 aromatic carbocycles. The Labute approximate surface area is 625 Å². The van der Waals surface area contributed by atoms with Gasteiger partial charge in [-0.3, -0.25) is 28.8 Å². The van der Waals surface area contributed by atoms with E-state index < -0.39 is 0 Å². The molecule has 3 amide bonds. The zero-order valence-corrected chi connectivity index (χ0v) is 67.1. The summed E-state index contributed by atoms with van der Waals surface area (Å²) >= 11 is 8.24. The molecule has 3 aliphatic rings. The number of halogens is 5. The van der Waals surface area contributed by atoms with Crippen molar-refractivity contribution in [3.05, 3.63) is 159 Å². The number of benzene rings is 1. The number of aryl methyl sites for hydroxylation is 5. The summed E-state index contributed by atoms with van der Waals surface area (Å²) in [5, 5.41) is 14.7. The summed E-state index contributed by atoms with van der Waals surface area (Å²) in [4.78, 5) is 80.7. The van der Waals surface area contributed by atoms with Crippen LogP contribution in [-0.4, -0.2) is 94.5 Å². The summed E-state index contributed by atoms with van der Waals surface area (Å²) in [6.07, 6.45) is 10.0. The number of nitrogens with zero attached hydrogens (tertiary/aromatic N) is 7. The molecule has 0 aliphatic carbocycles. The van der Waals surface area contributed by atoms with Gasteiger partial charge >= 0.3 is 0 Å². The molecule has 0 radical (unpaired) electrons. The summed E-state index contributed by atoms with van der Waals surface area (Å²) in [7, 11) is 0. The Balaban J connectivity index is 0.000000397. The van der Waals surface area contributed by atoms with E-state index in [4.69, 9.17) is 13.6 Å². The van der Waals surface area contributed by atoms with Crippen LogP contribution >= 0.6 is 56.7 Å². The first-order valence-electron chi connectivity index (χ1n) is 30.3. The van der Waals surface area contributed by atoms with Crippen molar-refractivity contribution in [1.29, 1.82) is 0 Å². The lowest BCUT2D eigenvalue weighted by atomic mass is 9.99. The van der Waals surface area contributed by atoms with E-state index in [9.17, 15) is 33.9 Å². The first kappa shape index (κ1) is 85.8. The predicted octanol–water partition coefficient (Wildman–Crippen LogP) is -5.26. The van der Waals surface area contributed by atoms with Gasteiger partial charge in [-0.15, -0.1) is 0 Å². The van der Waals surface area contributed by atoms with Crippen molar-refractivity contribution < 1.29 is 155 Å². The van der Waals surface area contributed by atoms with E-state index in [1.165, 1.54) is 61.2 Å². The van der Waals surface area contributed by atoms with Crippen LogP contribution in [-0.2, 0) is 64.7 Å². The van der Waals surface area contributed by atoms with Gasteiger partial charge in [-0.25, -0.2) is 0 Å². The highest BCUT2D eigenvalue weighted by Gasteiger charge is 2.30. The molecular weight excluding hydrogens is 1620 g/mol. The number of furan rings is 2. The van der Waals surface area contributed by atoms with E-state index in [0.29, 0.717) is 75.6 Å². The van der Waals surface area contributed by atoms with Gasteiger partial charge in [-0.2, -0.15) is 22.8 Å². The third-order valence-electron chi connectivity index (χ3n) is 16.0. The number of aliphatic hydroxyl groups is 1. The normalized spacial score (nSPS) is 14.7. The van der Waals surface area contributed by atoms with E-state index in [2.05, 4.69) is 44.5 Å². The molecule has 3 atom stereocenters. The largest absolute Gasteiger partial charge is 1.00 e. The number of Topliss-reactive ketones (excluding diaryl/α,β-unsaturated/α-hetero) is 3. The quantitative estimate of drug-likeness (QED) is 0.0658. The fraction of sp³-hybridized carbons (Fsp3) is 0.470. The number of ketones is 3. The molecule has 0 bridgehead atoms. The van der Waals surface area contributed by atoms with E-state index in [0.717, 1.165) is 67.1 Å². The topological polar surface area (TPSA) is 196 Å². The Morgan fingerprint density at radius 2 is 1.03 bits per heavy atom. The number of fused-ring (bicyclic) bond motifs is 1. The van der Waals surface area contributed by atoms with Crippen molar-refractivity contribution in [3.63, 3.8) is 0 Å². The van der Waals surface area contributed by atoms with Crippen LogP contribution in [0, 0.1) is 55.4 Å². The number of anilines is 1. The van der Waals surface area contributed by atoms with E-state index in [1.807, 2.05) is 115 Å². The van der Waals surface area contributed by atoms with Crippen LogP contribution in [0.25, 0.3) is 0 Å². The minimum atomic E-state index is -0.343. The Morgan fingerprint density at radius 1 is 0.585 bits per heavy atom. The number of carbonyl (C=O) groups excluding carboxylic acids is 6. The molecule has 18 nitrogen and oxygen atoms in total. The van der Waals surface area contributed by atoms with Gasteiger partial charge in [0, 0.05) is 71.5 Å². The molecule has 8 aromatic rings. The van der Waals surface area contributed by atoms with Gasteiger partial charge in [0.05, 0.1) is 62.1 Å². The van der Waals surface area contributed by atoms with Crippen LogP contribution in [0.1, 0.15) is 144 Å². The Morgan fingerprint density at radius 3 is 1.47 bits per heavy atom. The molecule has 3 unspecified atom stereocenters. The Hall–Kier alpha value is -4.33. The number of thiazole rings is 5. The third kappa shape index (κ3) is 25.5. The van der Waals surface area contributed by atoms with Crippen LogP contribution in [0.2, 0.25) is 0 Å². The second kappa shape index (κ2) is 42.5. The molecule has 11 rings (SSSR count). The molecule has 3 aliphatic heterocycles. The number of nitrogens with one attached hydrogen (secondary N) is 1. The zero-order valence-electron chi connectivity index (χ0n) is 55.1. The number of rotatable bonds is 17. The average Bonchev–Trinajstić information content (AvgIpc) is 1.03. The monoisotopic (exact) mass is 1710 g/mol. The lowest BCUT2D eigenvalue weighted by molar-refractivity contribution is -0.686. The fourth-order valence-electron chi connectivity index (χ4n) is 10.1. The Bertz CT molecular complexity index is 3650. The molecule has 0 saturated carbocycles. The first-order chi connectivity index (χ1) is 42.6. The Kier molecular flexibility index (Phi) is 38.8. The number of likely N-dealkylation sites (tertiary alicyclic amines) is 1. The number of hydrogen-bond acceptors (Lipinski definition) is 15. The van der Waals surface area contributed by atoms with Crippen LogP contribution in [0.15, 0.2) is 96.8 Å². The van der Waals surface area contributed by atoms with Gasteiger partial charge in [-0.1, -0.05) is 70.0 Å². The van der Waals surface area contributed by atoms with Crippen molar-refractivity contribution in [2.24, 2.45) is 0 Å². The van der Waals surface area contributed by atoms with Gasteiger partial charge < -0.3 is 119 Å². The molecule has 28 heteroatoms. The number of carbonyl (C=O) groups is 6. The highest BCUT2D eigenvalue weighted by atomic mass is 79.9. The summed E-state index contributed by atoms with van der Waals surface area (Å²) in [6.45, 7) is 27.8. The van der Waals surface area contributed by atoms with Gasteiger partial charge in [0.2, 0.25) is 72.0 Å². The summed E-state index contributed by atoms with van der Waals surface area (Å²) < 4.78 is 25.7. The molecule has 0 spiro atoms. The molecule has 2 fully saturated rings. The second-order valence-corrected chi connectivity index (χ2v) is 27.7. The molecule has 2 saturated heterocycles. The molecule has 94 heavy (non-hydrogen) atoms. The van der Waals surface area contributed by atoms with E-state index in [1.54, 1.807) is 75.7 Å². The van der Waals surface area contributed by atoms with E-state index >= 15 is 0 Å². The molecule has 10 heterocycles. The second-order valence-electron chi connectivity index (χ2n) is 22.7. The minimum Gasteiger partial charge on any atom is -1.00 e. The van der Waals surface area contributed by atoms with Crippen molar-refractivity contribution in [3.8, 4) is 0 Å². The number of morpholine rings is 1. The lowest BCUT2D eigenvalue weighted by Gasteiger charge is -2.34. The molecule has 2 N–H and O–H groups in total. The molecule has 7 aromatic heterocycles. The van der Waals surface area contributed by atoms with Gasteiger partial charge in [0.15, 0.2) is 40.0 Å². The van der Waals surface area contributed by atoms with Crippen molar-refractivity contribution in [1.82, 2.24) is 9.80 Å². The number of piperidine rings is 1. The lowest BCUT2D eigenvalue weighted by Crippen LogP contribution is -3.00. The number of hydrogen-bond donors (Lipinski definition) is 2. The van der Waals surface area contributed by atoms with Crippen molar-refractivity contribution in [2.75, 3.05) is 31.5 Å². The molecular formula is C66H87Br5N8O10S5. The highest BCUT2D eigenvalue weighted by molar-refractivity contribution is 7.10. The number of ether oxygens (including phenoxy) is 1. The van der Waals surface area contributed by atoms with Crippen LogP contribution in [0.3, 0.4) is 0 Å². The van der Waals surface area contributed by atoms with Crippen LogP contribution in [0.5, 0.6) is 0 Å². The van der Waals surface area contributed by atoms with Gasteiger partial charge in [0.25, 0.3) is 23.4 Å².